The molecule has 3 rings (SSSR count). The molecule has 2 aromatic rings. The molecule has 0 unspecified atom stereocenters. The molecule has 1 aliphatic rings. The van der Waals surface area contributed by atoms with E-state index in [0.717, 1.165) is 49.2 Å². The number of rotatable bonds is 7. The largest absolute Gasteiger partial charge is 0.494 e. The van der Waals surface area contributed by atoms with Gasteiger partial charge in [0.1, 0.15) is 5.75 Å². The van der Waals surface area contributed by atoms with E-state index in [-0.39, 0.29) is 11.9 Å². The minimum absolute atomic E-state index is 0.0209. The van der Waals surface area contributed by atoms with E-state index in [0.29, 0.717) is 24.4 Å². The summed E-state index contributed by atoms with van der Waals surface area (Å²) in [5, 5.41) is 5.68. The Balaban J connectivity index is 1.54. The first-order valence-corrected chi connectivity index (χ1v) is 10.2. The van der Waals surface area contributed by atoms with Gasteiger partial charge in [-0.3, -0.25) is 4.79 Å². The van der Waals surface area contributed by atoms with E-state index in [9.17, 15) is 9.59 Å². The van der Waals surface area contributed by atoms with Gasteiger partial charge in [-0.15, -0.1) is 0 Å². The Morgan fingerprint density at radius 2 is 1.90 bits per heavy atom. The number of carbonyl (C=O) groups excluding carboxylic acids is 2. The number of urea groups is 1. The van der Waals surface area contributed by atoms with Crippen molar-refractivity contribution in [2.75, 3.05) is 25.0 Å². The summed E-state index contributed by atoms with van der Waals surface area (Å²) >= 11 is 0. The lowest BCUT2D eigenvalue weighted by Crippen LogP contribution is -2.29. The zero-order valence-corrected chi connectivity index (χ0v) is 17.2. The van der Waals surface area contributed by atoms with Crippen LogP contribution in [-0.4, -0.2) is 36.5 Å². The average Bonchev–Trinajstić information content (AvgIpc) is 3.26. The summed E-state index contributed by atoms with van der Waals surface area (Å²) in [4.78, 5) is 26.7. The molecule has 6 heteroatoms. The van der Waals surface area contributed by atoms with Crippen LogP contribution in [0, 0.1) is 6.92 Å². The standard InChI is InChI=1S/C23H29N3O3/c1-3-13-29-21-10-9-19(17(2)14-21)16-24-23(28)25-20-8-6-7-18(15-20)22(27)26-11-4-5-12-26/h6-10,14-15H,3-5,11-13,16H2,1-2H3,(H2,24,25,28). The molecular formula is C23H29N3O3. The maximum Gasteiger partial charge on any atom is 0.319 e. The van der Waals surface area contributed by atoms with Crippen molar-refractivity contribution in [3.63, 3.8) is 0 Å². The van der Waals surface area contributed by atoms with Crippen LogP contribution in [0.15, 0.2) is 42.5 Å². The lowest BCUT2D eigenvalue weighted by molar-refractivity contribution is 0.0793. The van der Waals surface area contributed by atoms with Crippen LogP contribution in [0.25, 0.3) is 0 Å². The van der Waals surface area contributed by atoms with Crippen molar-refractivity contribution in [2.24, 2.45) is 0 Å². The van der Waals surface area contributed by atoms with Crippen molar-refractivity contribution in [2.45, 2.75) is 39.7 Å². The summed E-state index contributed by atoms with van der Waals surface area (Å²) in [6.07, 6.45) is 3.07. The highest BCUT2D eigenvalue weighted by Gasteiger charge is 2.19. The van der Waals surface area contributed by atoms with Crippen LogP contribution >= 0.6 is 0 Å². The summed E-state index contributed by atoms with van der Waals surface area (Å²) in [5.74, 6) is 0.865. The number of benzene rings is 2. The van der Waals surface area contributed by atoms with Crippen molar-refractivity contribution in [1.82, 2.24) is 10.2 Å². The maximum atomic E-state index is 12.5. The molecule has 1 saturated heterocycles. The topological polar surface area (TPSA) is 70.7 Å². The van der Waals surface area contributed by atoms with Gasteiger partial charge < -0.3 is 20.3 Å². The highest BCUT2D eigenvalue weighted by Crippen LogP contribution is 2.18. The predicted molar refractivity (Wildman–Crippen MR) is 114 cm³/mol. The van der Waals surface area contributed by atoms with Gasteiger partial charge in [-0.2, -0.15) is 0 Å². The number of hydrogen-bond donors (Lipinski definition) is 2. The number of amides is 3. The fraction of sp³-hybridized carbons (Fsp3) is 0.391. The van der Waals surface area contributed by atoms with E-state index in [4.69, 9.17) is 4.74 Å². The molecule has 0 radical (unpaired) electrons. The van der Waals surface area contributed by atoms with Gasteiger partial charge in [0.05, 0.1) is 6.61 Å². The smallest absolute Gasteiger partial charge is 0.319 e. The molecule has 1 heterocycles. The molecule has 29 heavy (non-hydrogen) atoms. The average molecular weight is 396 g/mol. The molecule has 154 valence electrons. The van der Waals surface area contributed by atoms with Crippen LogP contribution in [0.3, 0.4) is 0 Å². The molecule has 0 saturated carbocycles. The molecule has 0 bridgehead atoms. The Labute approximate surface area is 172 Å². The van der Waals surface area contributed by atoms with Gasteiger partial charge in [-0.05, 0) is 67.6 Å². The van der Waals surface area contributed by atoms with Gasteiger partial charge in [0, 0.05) is 30.9 Å². The Kier molecular flexibility index (Phi) is 7.11. The Morgan fingerprint density at radius 1 is 1.10 bits per heavy atom. The zero-order valence-electron chi connectivity index (χ0n) is 17.2. The Morgan fingerprint density at radius 3 is 2.62 bits per heavy atom. The van der Waals surface area contributed by atoms with Crippen LogP contribution in [0.5, 0.6) is 5.75 Å². The number of aryl methyl sites for hydroxylation is 1. The zero-order chi connectivity index (χ0) is 20.6. The minimum Gasteiger partial charge on any atom is -0.494 e. The number of carbonyl (C=O) groups is 2. The highest BCUT2D eigenvalue weighted by atomic mass is 16.5. The lowest BCUT2D eigenvalue weighted by Gasteiger charge is -2.16. The molecule has 1 fully saturated rings. The van der Waals surface area contributed by atoms with Gasteiger partial charge in [0.25, 0.3) is 5.91 Å². The number of likely N-dealkylation sites (tertiary alicyclic amines) is 1. The van der Waals surface area contributed by atoms with E-state index in [2.05, 4.69) is 17.6 Å². The van der Waals surface area contributed by atoms with E-state index in [1.54, 1.807) is 24.3 Å². The van der Waals surface area contributed by atoms with Crippen molar-refractivity contribution in [1.29, 1.82) is 0 Å². The Hall–Kier alpha value is -3.02. The fourth-order valence-electron chi connectivity index (χ4n) is 3.36. The van der Waals surface area contributed by atoms with Gasteiger partial charge in [0.15, 0.2) is 0 Å². The van der Waals surface area contributed by atoms with E-state index in [1.165, 1.54) is 0 Å². The molecule has 1 aliphatic heterocycles. The van der Waals surface area contributed by atoms with Crippen molar-refractivity contribution in [3.05, 3.63) is 59.2 Å². The molecule has 2 N–H and O–H groups in total. The first-order chi connectivity index (χ1) is 14.1. The molecule has 0 atom stereocenters. The van der Waals surface area contributed by atoms with Gasteiger partial charge in [-0.1, -0.05) is 19.1 Å². The van der Waals surface area contributed by atoms with Crippen LogP contribution in [0.4, 0.5) is 10.5 Å². The number of nitrogens with zero attached hydrogens (tertiary/aromatic N) is 1. The first-order valence-electron chi connectivity index (χ1n) is 10.2. The van der Waals surface area contributed by atoms with Crippen molar-refractivity contribution in [3.8, 4) is 5.75 Å². The predicted octanol–water partition coefficient (Wildman–Crippen LogP) is 4.34. The maximum absolute atomic E-state index is 12.5. The molecular weight excluding hydrogens is 366 g/mol. The third kappa shape index (κ3) is 5.73. The summed E-state index contributed by atoms with van der Waals surface area (Å²) in [6.45, 7) is 6.79. The van der Waals surface area contributed by atoms with Gasteiger partial charge in [-0.25, -0.2) is 4.79 Å². The van der Waals surface area contributed by atoms with Crippen LogP contribution in [0.1, 0.15) is 47.7 Å². The molecule has 6 nitrogen and oxygen atoms in total. The lowest BCUT2D eigenvalue weighted by atomic mass is 10.1. The second-order valence-corrected chi connectivity index (χ2v) is 7.32. The number of hydrogen-bond acceptors (Lipinski definition) is 3. The van der Waals surface area contributed by atoms with Gasteiger partial charge in [0.2, 0.25) is 0 Å². The van der Waals surface area contributed by atoms with Crippen LogP contribution in [-0.2, 0) is 6.54 Å². The van der Waals surface area contributed by atoms with E-state index in [1.807, 2.05) is 30.0 Å². The Bertz CT molecular complexity index is 860. The minimum atomic E-state index is -0.304. The second-order valence-electron chi connectivity index (χ2n) is 7.32. The third-order valence-corrected chi connectivity index (χ3v) is 4.99. The van der Waals surface area contributed by atoms with Crippen LogP contribution < -0.4 is 15.4 Å². The van der Waals surface area contributed by atoms with Gasteiger partial charge >= 0.3 is 6.03 Å². The van der Waals surface area contributed by atoms with Crippen molar-refractivity contribution >= 4 is 17.6 Å². The summed E-state index contributed by atoms with van der Waals surface area (Å²) in [7, 11) is 0. The molecule has 2 aromatic carbocycles. The SMILES string of the molecule is CCCOc1ccc(CNC(=O)Nc2cccc(C(=O)N3CCCC3)c2)c(C)c1. The van der Waals surface area contributed by atoms with E-state index < -0.39 is 0 Å². The quantitative estimate of drug-likeness (QED) is 0.733. The normalized spacial score (nSPS) is 13.2. The number of ether oxygens (including phenoxy) is 1. The number of nitrogens with one attached hydrogen (secondary N) is 2. The summed E-state index contributed by atoms with van der Waals surface area (Å²) in [5.41, 5.74) is 3.30. The third-order valence-electron chi connectivity index (χ3n) is 4.99. The second kappa shape index (κ2) is 9.96. The monoisotopic (exact) mass is 395 g/mol. The molecule has 0 aromatic heterocycles. The molecule has 0 spiro atoms. The van der Waals surface area contributed by atoms with Crippen LogP contribution in [0.2, 0.25) is 0 Å². The fourth-order valence-corrected chi connectivity index (χ4v) is 3.36. The number of anilines is 1. The molecule has 3 amide bonds. The molecule has 0 aliphatic carbocycles. The van der Waals surface area contributed by atoms with Crippen molar-refractivity contribution < 1.29 is 14.3 Å². The van der Waals surface area contributed by atoms with E-state index >= 15 is 0 Å². The first kappa shape index (κ1) is 20.7. The summed E-state index contributed by atoms with van der Waals surface area (Å²) in [6, 6.07) is 12.7. The summed E-state index contributed by atoms with van der Waals surface area (Å²) < 4.78 is 5.63. The highest BCUT2D eigenvalue weighted by molar-refractivity contribution is 5.97.